The van der Waals surface area contributed by atoms with Crippen LogP contribution in [0, 0.1) is 17.0 Å². The maximum atomic E-state index is 12.6. The Kier molecular flexibility index (Phi) is 2.35. The van der Waals surface area contributed by atoms with E-state index in [1.165, 1.54) is 6.07 Å². The van der Waals surface area contributed by atoms with Gasteiger partial charge in [0.2, 0.25) is 0 Å². The fraction of sp³-hybridized carbons (Fsp3) is 0. The smallest absolute Gasteiger partial charge is 0.138 e. The largest absolute Gasteiger partial charge is 0.206 e. The number of hydrogen-bond donors (Lipinski definition) is 1. The Labute approximate surface area is 64.5 Å². The number of halogens is 1. The van der Waals surface area contributed by atoms with Gasteiger partial charge in [0.15, 0.2) is 0 Å². The number of hydrogen-bond acceptors (Lipinski definition) is 1. The Morgan fingerprint density at radius 3 is 2.60 bits per heavy atom. The van der Waals surface area contributed by atoms with Crippen molar-refractivity contribution in [2.45, 2.75) is 0 Å². The van der Waals surface area contributed by atoms with Crippen LogP contribution < -0.4 is 0 Å². The Hall–Kier alpha value is -0.940. The molecule has 0 heterocycles. The first-order valence-electron chi connectivity index (χ1n) is 2.74. The third kappa shape index (κ3) is 1.52. The highest BCUT2D eigenvalue weighted by Gasteiger charge is 1.93. The van der Waals surface area contributed by atoms with E-state index in [2.05, 4.69) is 23.8 Å². The molecule has 0 radical (unpaired) electrons. The lowest BCUT2D eigenvalue weighted by atomic mass is 10.2. The van der Waals surface area contributed by atoms with Crippen molar-refractivity contribution in [2.24, 2.45) is 0 Å². The maximum Gasteiger partial charge on any atom is 0.138 e. The van der Waals surface area contributed by atoms with Crippen LogP contribution in [0.5, 0.6) is 0 Å². The minimum atomic E-state index is -0.302. The summed E-state index contributed by atoms with van der Waals surface area (Å²) >= 11 is 3.65. The van der Waals surface area contributed by atoms with Crippen LogP contribution >= 0.6 is 12.6 Å². The van der Waals surface area contributed by atoms with Gasteiger partial charge in [-0.3, -0.25) is 0 Å². The molecule has 0 saturated heterocycles. The van der Waals surface area contributed by atoms with E-state index in [1.54, 1.807) is 18.2 Å². The molecule has 0 aliphatic carbocycles. The van der Waals surface area contributed by atoms with Crippen molar-refractivity contribution in [3.63, 3.8) is 0 Å². The Balaban J connectivity index is 3.11. The van der Waals surface area contributed by atoms with E-state index < -0.39 is 0 Å². The molecule has 10 heavy (non-hydrogen) atoms. The topological polar surface area (TPSA) is 0 Å². The molecule has 1 aromatic rings. The van der Waals surface area contributed by atoms with Crippen LogP contribution in [0.1, 0.15) is 5.56 Å². The highest BCUT2D eigenvalue weighted by molar-refractivity contribution is 7.85. The highest BCUT2D eigenvalue weighted by Crippen LogP contribution is 2.03. The molecule has 50 valence electrons. The van der Waals surface area contributed by atoms with E-state index in [-0.39, 0.29) is 5.82 Å². The van der Waals surface area contributed by atoms with E-state index in [9.17, 15) is 4.39 Å². The molecule has 1 rings (SSSR count). The summed E-state index contributed by atoms with van der Waals surface area (Å²) in [4.78, 5) is 0. The van der Waals surface area contributed by atoms with Gasteiger partial charge in [0, 0.05) is 0 Å². The first kappa shape index (κ1) is 7.17. The van der Waals surface area contributed by atoms with Crippen LogP contribution in [0.25, 0.3) is 0 Å². The van der Waals surface area contributed by atoms with Gasteiger partial charge in [-0.1, -0.05) is 30.7 Å². The summed E-state index contributed by atoms with van der Waals surface area (Å²) in [5, 5.41) is 2.33. The van der Waals surface area contributed by atoms with Gasteiger partial charge in [0.1, 0.15) is 5.82 Å². The minimum absolute atomic E-state index is 0.302. The zero-order valence-corrected chi connectivity index (χ0v) is 6.03. The summed E-state index contributed by atoms with van der Waals surface area (Å²) in [6.45, 7) is 0. The van der Waals surface area contributed by atoms with Crippen molar-refractivity contribution in [1.29, 1.82) is 0 Å². The average molecular weight is 152 g/mol. The average Bonchev–Trinajstić information content (AvgIpc) is 1.94. The normalized spacial score (nSPS) is 8.20. The fourth-order valence-electron chi connectivity index (χ4n) is 0.623. The lowest BCUT2D eigenvalue weighted by molar-refractivity contribution is 0.624. The minimum Gasteiger partial charge on any atom is -0.206 e. The second-order valence-electron chi connectivity index (χ2n) is 1.72. The Morgan fingerprint density at radius 2 is 2.00 bits per heavy atom. The lowest BCUT2D eigenvalue weighted by Crippen LogP contribution is -1.79. The molecule has 0 aromatic heterocycles. The predicted octanol–water partition coefficient (Wildman–Crippen LogP) is 2.06. The summed E-state index contributed by atoms with van der Waals surface area (Å²) < 4.78 is 12.6. The molecule has 2 heteroatoms. The van der Waals surface area contributed by atoms with Crippen LogP contribution in [0.3, 0.4) is 0 Å². The predicted molar refractivity (Wildman–Crippen MR) is 42.3 cm³/mol. The zero-order chi connectivity index (χ0) is 7.40. The van der Waals surface area contributed by atoms with Crippen molar-refractivity contribution < 1.29 is 4.39 Å². The van der Waals surface area contributed by atoms with Gasteiger partial charge in [-0.15, -0.1) is 0 Å². The third-order valence-corrected chi connectivity index (χ3v) is 1.18. The summed E-state index contributed by atoms with van der Waals surface area (Å²) in [6.07, 6.45) is 0. The number of benzene rings is 1. The van der Waals surface area contributed by atoms with Crippen LogP contribution in [0.2, 0.25) is 0 Å². The van der Waals surface area contributed by atoms with Gasteiger partial charge in [0.05, 0.1) is 5.56 Å². The molecular weight excluding hydrogens is 147 g/mol. The fourth-order valence-corrected chi connectivity index (χ4v) is 0.743. The van der Waals surface area contributed by atoms with E-state index >= 15 is 0 Å². The first-order valence-corrected chi connectivity index (χ1v) is 3.19. The summed E-state index contributed by atoms with van der Waals surface area (Å²) in [5.41, 5.74) is 0.387. The van der Waals surface area contributed by atoms with Crippen LogP contribution in [-0.2, 0) is 0 Å². The molecule has 0 atom stereocenters. The molecule has 0 bridgehead atoms. The molecule has 0 N–H and O–H groups in total. The third-order valence-electron chi connectivity index (χ3n) is 1.06. The van der Waals surface area contributed by atoms with Gasteiger partial charge in [-0.05, 0) is 17.4 Å². The van der Waals surface area contributed by atoms with Crippen molar-refractivity contribution in [2.75, 3.05) is 0 Å². The SMILES string of the molecule is Fc1ccccc1C#CS. The molecule has 0 aliphatic rings. The van der Waals surface area contributed by atoms with Gasteiger partial charge in [-0.2, -0.15) is 0 Å². The standard InChI is InChI=1S/C8H5FS/c9-8-4-2-1-3-7(8)5-6-10/h1-4,10H. The number of thiol groups is 1. The van der Waals surface area contributed by atoms with E-state index in [4.69, 9.17) is 0 Å². The molecular formula is C8H5FS. The summed E-state index contributed by atoms with van der Waals surface area (Å²) in [5.74, 6) is 2.21. The van der Waals surface area contributed by atoms with E-state index in [0.717, 1.165) is 0 Å². The molecule has 1 aromatic carbocycles. The lowest BCUT2D eigenvalue weighted by Gasteiger charge is -1.89. The number of rotatable bonds is 0. The Bertz CT molecular complexity index is 283. The van der Waals surface area contributed by atoms with Crippen molar-refractivity contribution in [3.8, 4) is 11.2 Å². The van der Waals surface area contributed by atoms with Crippen LogP contribution in [-0.4, -0.2) is 0 Å². The monoisotopic (exact) mass is 152 g/mol. The van der Waals surface area contributed by atoms with Crippen LogP contribution in [0.4, 0.5) is 4.39 Å². The van der Waals surface area contributed by atoms with E-state index in [1.807, 2.05) is 0 Å². The molecule has 0 fully saturated rings. The first-order chi connectivity index (χ1) is 4.84. The van der Waals surface area contributed by atoms with Gasteiger partial charge in [-0.25, -0.2) is 4.39 Å². The van der Waals surface area contributed by atoms with Crippen molar-refractivity contribution in [3.05, 3.63) is 35.6 Å². The summed E-state index contributed by atoms with van der Waals surface area (Å²) in [6, 6.07) is 6.33. The second-order valence-corrected chi connectivity index (χ2v) is 1.94. The Morgan fingerprint density at radius 1 is 1.30 bits per heavy atom. The molecule has 0 nitrogen and oxygen atoms in total. The van der Waals surface area contributed by atoms with Crippen molar-refractivity contribution in [1.82, 2.24) is 0 Å². The van der Waals surface area contributed by atoms with Gasteiger partial charge < -0.3 is 0 Å². The van der Waals surface area contributed by atoms with Crippen LogP contribution in [0.15, 0.2) is 24.3 Å². The zero-order valence-electron chi connectivity index (χ0n) is 5.13. The highest BCUT2D eigenvalue weighted by atomic mass is 32.1. The van der Waals surface area contributed by atoms with Gasteiger partial charge >= 0.3 is 0 Å². The van der Waals surface area contributed by atoms with E-state index in [0.29, 0.717) is 5.56 Å². The molecule has 0 saturated carbocycles. The molecule has 0 spiro atoms. The quantitative estimate of drug-likeness (QED) is 0.427. The maximum absolute atomic E-state index is 12.6. The molecule has 0 unspecified atom stereocenters. The summed E-state index contributed by atoms with van der Waals surface area (Å²) in [7, 11) is 0. The van der Waals surface area contributed by atoms with Gasteiger partial charge in [0.25, 0.3) is 0 Å². The molecule has 0 amide bonds. The molecule has 0 aliphatic heterocycles. The second kappa shape index (κ2) is 3.28. The van der Waals surface area contributed by atoms with Crippen molar-refractivity contribution >= 4 is 12.6 Å².